The van der Waals surface area contributed by atoms with Crippen LogP contribution in [0.4, 0.5) is 4.79 Å². The quantitative estimate of drug-likeness (QED) is 0.747. The highest BCUT2D eigenvalue weighted by molar-refractivity contribution is 5.89. The molecule has 1 aliphatic rings. The first kappa shape index (κ1) is 15.3. The number of nitrogens with one attached hydrogen (secondary N) is 2. The molecular weight excluding hydrogens is 318 g/mol. The summed E-state index contributed by atoms with van der Waals surface area (Å²) in [5.74, 6) is -0.127. The zero-order chi connectivity index (χ0) is 17.2. The lowest BCUT2D eigenvalue weighted by molar-refractivity contribution is 0.225. The molecule has 0 bridgehead atoms. The molecule has 0 aromatic carbocycles. The van der Waals surface area contributed by atoms with E-state index in [1.165, 1.54) is 4.68 Å². The summed E-state index contributed by atoms with van der Waals surface area (Å²) in [6.45, 7) is 0. The highest BCUT2D eigenvalue weighted by Crippen LogP contribution is 2.25. The predicted octanol–water partition coefficient (Wildman–Crippen LogP) is 2.46. The first-order valence-corrected chi connectivity index (χ1v) is 8.30. The van der Waals surface area contributed by atoms with E-state index in [0.29, 0.717) is 5.65 Å². The molecule has 2 unspecified atom stereocenters. The molecule has 2 atom stereocenters. The summed E-state index contributed by atoms with van der Waals surface area (Å²) in [5, 5.41) is 16.3. The summed E-state index contributed by atoms with van der Waals surface area (Å²) < 4.78 is 1.28. The number of aromatic amines is 1. The number of imidazole rings is 1. The molecule has 126 valence electrons. The fraction of sp³-hybridized carbons (Fsp3) is 0.353. The van der Waals surface area contributed by atoms with Gasteiger partial charge in [-0.05, 0) is 18.9 Å². The van der Waals surface area contributed by atoms with Gasteiger partial charge in [-0.15, -0.1) is 0 Å². The van der Waals surface area contributed by atoms with E-state index < -0.39 is 0 Å². The molecule has 1 fully saturated rings. The Labute approximate surface area is 143 Å². The van der Waals surface area contributed by atoms with Crippen molar-refractivity contribution >= 4 is 17.2 Å². The fourth-order valence-corrected chi connectivity index (χ4v) is 3.35. The van der Waals surface area contributed by atoms with Crippen molar-refractivity contribution in [3.63, 3.8) is 0 Å². The Hall–Kier alpha value is -3.21. The number of aromatic nitrogens is 5. The predicted molar refractivity (Wildman–Crippen MR) is 90.4 cm³/mol. The van der Waals surface area contributed by atoms with Crippen LogP contribution in [0.2, 0.25) is 0 Å². The second-order valence-corrected chi connectivity index (χ2v) is 6.21. The van der Waals surface area contributed by atoms with Gasteiger partial charge in [-0.3, -0.25) is 0 Å². The third-order valence-electron chi connectivity index (χ3n) is 4.67. The number of hydrogen-bond donors (Lipinski definition) is 2. The Morgan fingerprint density at radius 1 is 1.36 bits per heavy atom. The molecule has 3 heterocycles. The Kier molecular flexibility index (Phi) is 3.90. The number of carbonyl (C=O) groups excluding carboxylic acids is 1. The van der Waals surface area contributed by atoms with Gasteiger partial charge in [0.2, 0.25) is 0 Å². The molecule has 3 aromatic rings. The zero-order valence-corrected chi connectivity index (χ0v) is 13.5. The van der Waals surface area contributed by atoms with Crippen molar-refractivity contribution in [2.75, 3.05) is 0 Å². The average Bonchev–Trinajstić information content (AvgIpc) is 3.31. The van der Waals surface area contributed by atoms with E-state index in [2.05, 4.69) is 31.4 Å². The first-order valence-electron chi connectivity index (χ1n) is 8.30. The molecule has 0 saturated heterocycles. The van der Waals surface area contributed by atoms with Gasteiger partial charge in [-0.1, -0.05) is 12.8 Å². The van der Waals surface area contributed by atoms with Crippen LogP contribution in [0.15, 0.2) is 31.0 Å². The van der Waals surface area contributed by atoms with Gasteiger partial charge >= 0.3 is 6.03 Å². The summed E-state index contributed by atoms with van der Waals surface area (Å²) >= 11 is 0. The largest absolute Gasteiger partial charge is 0.343 e. The maximum atomic E-state index is 12.5. The molecule has 0 aliphatic heterocycles. The van der Waals surface area contributed by atoms with Crippen molar-refractivity contribution in [3.05, 3.63) is 31.0 Å². The first-order chi connectivity index (χ1) is 12.3. The van der Waals surface area contributed by atoms with Crippen LogP contribution in [-0.2, 0) is 0 Å². The Morgan fingerprint density at radius 3 is 3.12 bits per heavy atom. The zero-order valence-electron chi connectivity index (χ0n) is 13.5. The summed E-state index contributed by atoms with van der Waals surface area (Å²) in [5.41, 5.74) is 3.11. The summed E-state index contributed by atoms with van der Waals surface area (Å²) in [6.07, 6.45) is 10.3. The van der Waals surface area contributed by atoms with Crippen molar-refractivity contribution < 1.29 is 4.79 Å². The molecular formula is C17H17N7O. The second-order valence-electron chi connectivity index (χ2n) is 6.21. The van der Waals surface area contributed by atoms with Crippen molar-refractivity contribution in [3.8, 4) is 17.2 Å². The number of amides is 1. The van der Waals surface area contributed by atoms with Crippen LogP contribution in [0.3, 0.4) is 0 Å². The average molecular weight is 335 g/mol. The SMILES string of the molecule is N#CC1CCCCC1NC(=O)n1cc(-c2ccnc3nc[nH]c23)cn1. The van der Waals surface area contributed by atoms with Crippen molar-refractivity contribution in [1.29, 1.82) is 5.26 Å². The summed E-state index contributed by atoms with van der Waals surface area (Å²) in [7, 11) is 0. The third kappa shape index (κ3) is 2.85. The van der Waals surface area contributed by atoms with Crippen LogP contribution in [0, 0.1) is 17.2 Å². The minimum Gasteiger partial charge on any atom is -0.343 e. The van der Waals surface area contributed by atoms with Crippen molar-refractivity contribution in [2.24, 2.45) is 5.92 Å². The molecule has 0 spiro atoms. The topological polar surface area (TPSA) is 112 Å². The number of carbonyl (C=O) groups is 1. The Bertz CT molecular complexity index is 951. The molecule has 25 heavy (non-hydrogen) atoms. The Morgan fingerprint density at radius 2 is 2.24 bits per heavy atom. The monoisotopic (exact) mass is 335 g/mol. The van der Waals surface area contributed by atoms with Crippen LogP contribution in [0.5, 0.6) is 0 Å². The molecule has 1 saturated carbocycles. The molecule has 8 heteroatoms. The van der Waals surface area contributed by atoms with Crippen LogP contribution >= 0.6 is 0 Å². The van der Waals surface area contributed by atoms with E-state index in [0.717, 1.165) is 42.3 Å². The van der Waals surface area contributed by atoms with Gasteiger partial charge < -0.3 is 10.3 Å². The normalized spacial score (nSPS) is 20.3. The lowest BCUT2D eigenvalue weighted by atomic mass is 9.85. The molecule has 2 N–H and O–H groups in total. The van der Waals surface area contributed by atoms with Crippen LogP contribution in [0.1, 0.15) is 25.7 Å². The minimum atomic E-state index is -0.312. The molecule has 1 aliphatic carbocycles. The van der Waals surface area contributed by atoms with Gasteiger partial charge in [-0.2, -0.15) is 15.0 Å². The highest BCUT2D eigenvalue weighted by atomic mass is 16.2. The van der Waals surface area contributed by atoms with Gasteiger partial charge in [0.05, 0.1) is 30.0 Å². The van der Waals surface area contributed by atoms with E-state index in [1.54, 1.807) is 24.9 Å². The van der Waals surface area contributed by atoms with Gasteiger partial charge in [0.15, 0.2) is 5.65 Å². The minimum absolute atomic E-state index is 0.112. The number of hydrogen-bond acceptors (Lipinski definition) is 5. The lowest BCUT2D eigenvalue weighted by Gasteiger charge is -2.27. The fourth-order valence-electron chi connectivity index (χ4n) is 3.35. The highest BCUT2D eigenvalue weighted by Gasteiger charge is 2.27. The van der Waals surface area contributed by atoms with Crippen LogP contribution in [-0.4, -0.2) is 36.8 Å². The molecule has 1 amide bonds. The molecule has 4 rings (SSSR count). The van der Waals surface area contributed by atoms with Crippen molar-refractivity contribution in [1.82, 2.24) is 30.0 Å². The summed E-state index contributed by atoms with van der Waals surface area (Å²) in [6, 6.07) is 3.73. The van der Waals surface area contributed by atoms with Crippen molar-refractivity contribution in [2.45, 2.75) is 31.7 Å². The standard InChI is InChI=1S/C17H17N7O/c18-7-11-3-1-2-4-14(11)23-17(25)24-9-12(8-22-24)13-5-6-19-16-15(13)20-10-21-16/h5-6,8-11,14H,1-4H2,(H,23,25)(H,19,20,21). The molecule has 8 nitrogen and oxygen atoms in total. The van der Waals surface area contributed by atoms with E-state index in [-0.39, 0.29) is 18.0 Å². The maximum Gasteiger partial charge on any atom is 0.342 e. The van der Waals surface area contributed by atoms with Gasteiger partial charge in [0.1, 0.15) is 0 Å². The number of fused-ring (bicyclic) bond motifs is 1. The van der Waals surface area contributed by atoms with Gasteiger partial charge in [-0.25, -0.2) is 14.8 Å². The molecule has 0 radical (unpaired) electrons. The van der Waals surface area contributed by atoms with Gasteiger partial charge in [0.25, 0.3) is 0 Å². The number of nitriles is 1. The Balaban J connectivity index is 1.56. The third-order valence-corrected chi connectivity index (χ3v) is 4.67. The van der Waals surface area contributed by atoms with E-state index >= 15 is 0 Å². The summed E-state index contributed by atoms with van der Waals surface area (Å²) in [4.78, 5) is 23.9. The number of rotatable bonds is 2. The smallest absolute Gasteiger partial charge is 0.342 e. The van der Waals surface area contributed by atoms with Crippen LogP contribution < -0.4 is 5.32 Å². The van der Waals surface area contributed by atoms with Crippen LogP contribution in [0.25, 0.3) is 22.3 Å². The van der Waals surface area contributed by atoms with E-state index in [1.807, 2.05) is 6.07 Å². The van der Waals surface area contributed by atoms with Gasteiger partial charge in [0, 0.05) is 29.6 Å². The number of H-pyrrole nitrogens is 1. The van der Waals surface area contributed by atoms with E-state index in [9.17, 15) is 10.1 Å². The second kappa shape index (κ2) is 6.36. The molecule has 3 aromatic heterocycles. The number of pyridine rings is 1. The number of nitrogens with zero attached hydrogens (tertiary/aromatic N) is 5. The van der Waals surface area contributed by atoms with E-state index in [4.69, 9.17) is 0 Å². The maximum absolute atomic E-state index is 12.5. The lowest BCUT2D eigenvalue weighted by Crippen LogP contribution is -2.43.